The van der Waals surface area contributed by atoms with E-state index >= 15 is 0 Å². The second-order valence-electron chi connectivity index (χ2n) is 3.77. The van der Waals surface area contributed by atoms with E-state index in [2.05, 4.69) is 0 Å². The van der Waals surface area contributed by atoms with Gasteiger partial charge >= 0.3 is 11.9 Å². The van der Waals surface area contributed by atoms with E-state index in [1.165, 1.54) is 18.2 Å². The number of ether oxygens (including phenoxy) is 2. The molecular formula is C12H12O6. The SMILES string of the molecule is O=C1OCCOC(=O)c2ccc1cc2C(O)CO. The van der Waals surface area contributed by atoms with Gasteiger partial charge in [-0.15, -0.1) is 0 Å². The van der Waals surface area contributed by atoms with Crippen molar-refractivity contribution >= 4 is 11.9 Å². The Morgan fingerprint density at radius 2 is 1.83 bits per heavy atom. The van der Waals surface area contributed by atoms with E-state index in [4.69, 9.17) is 14.6 Å². The molecule has 18 heavy (non-hydrogen) atoms. The summed E-state index contributed by atoms with van der Waals surface area (Å²) in [6.45, 7) is -0.614. The predicted molar refractivity (Wildman–Crippen MR) is 59.1 cm³/mol. The molecule has 0 aliphatic carbocycles. The molecule has 3 rings (SSSR count). The minimum absolute atomic E-state index is 0.0130. The quantitative estimate of drug-likeness (QED) is 0.722. The Morgan fingerprint density at radius 3 is 2.50 bits per heavy atom. The molecule has 0 aromatic heterocycles. The van der Waals surface area contributed by atoms with Crippen LogP contribution in [0.2, 0.25) is 0 Å². The molecule has 1 unspecified atom stereocenters. The van der Waals surface area contributed by atoms with Gasteiger partial charge in [-0.05, 0) is 23.8 Å². The Hall–Kier alpha value is -1.92. The van der Waals surface area contributed by atoms with E-state index in [0.29, 0.717) is 0 Å². The molecule has 6 nitrogen and oxygen atoms in total. The highest BCUT2D eigenvalue weighted by molar-refractivity contribution is 5.95. The molecule has 96 valence electrons. The van der Waals surface area contributed by atoms with Crippen molar-refractivity contribution in [3.05, 3.63) is 34.9 Å². The summed E-state index contributed by atoms with van der Waals surface area (Å²) >= 11 is 0. The van der Waals surface area contributed by atoms with Crippen molar-refractivity contribution in [2.75, 3.05) is 19.8 Å². The number of esters is 2. The number of carbonyl (C=O) groups is 2. The molecule has 0 radical (unpaired) electrons. The molecule has 1 aromatic carbocycles. The molecule has 6 heteroatoms. The van der Waals surface area contributed by atoms with Crippen LogP contribution in [0.1, 0.15) is 32.4 Å². The minimum Gasteiger partial charge on any atom is -0.458 e. The van der Waals surface area contributed by atoms with E-state index in [-0.39, 0.29) is 29.9 Å². The van der Waals surface area contributed by atoms with Crippen molar-refractivity contribution in [3.63, 3.8) is 0 Å². The number of rotatable bonds is 2. The highest BCUT2D eigenvalue weighted by atomic mass is 16.6. The molecule has 0 spiro atoms. The smallest absolute Gasteiger partial charge is 0.338 e. The summed E-state index contributed by atoms with van der Waals surface area (Å²) in [5.41, 5.74) is 0.504. The molecular weight excluding hydrogens is 240 g/mol. The monoisotopic (exact) mass is 252 g/mol. The lowest BCUT2D eigenvalue weighted by Crippen LogP contribution is -2.20. The third kappa shape index (κ3) is 2.34. The molecule has 0 saturated carbocycles. The average Bonchev–Trinajstić information content (AvgIpc) is 2.41. The third-order valence-corrected chi connectivity index (χ3v) is 2.59. The van der Waals surface area contributed by atoms with Crippen LogP contribution in [0.15, 0.2) is 18.2 Å². The van der Waals surface area contributed by atoms with Crippen LogP contribution in [0.25, 0.3) is 0 Å². The zero-order valence-corrected chi connectivity index (χ0v) is 9.46. The van der Waals surface area contributed by atoms with Crippen molar-refractivity contribution in [2.24, 2.45) is 0 Å². The number of hydrogen-bond donors (Lipinski definition) is 2. The van der Waals surface area contributed by atoms with Crippen molar-refractivity contribution in [2.45, 2.75) is 6.10 Å². The van der Waals surface area contributed by atoms with Crippen LogP contribution in [0.3, 0.4) is 0 Å². The Kier molecular flexibility index (Phi) is 3.59. The maximum absolute atomic E-state index is 11.7. The van der Waals surface area contributed by atoms with Crippen LogP contribution >= 0.6 is 0 Å². The summed E-state index contributed by atoms with van der Waals surface area (Å²) in [4.78, 5) is 23.3. The summed E-state index contributed by atoms with van der Waals surface area (Å²) < 4.78 is 9.73. The molecule has 0 saturated heterocycles. The van der Waals surface area contributed by atoms with E-state index in [0.717, 1.165) is 0 Å². The van der Waals surface area contributed by atoms with Crippen molar-refractivity contribution in [1.82, 2.24) is 0 Å². The van der Waals surface area contributed by atoms with Crippen LogP contribution in [0.5, 0.6) is 0 Å². The summed E-state index contributed by atoms with van der Waals surface area (Å²) in [6.07, 6.45) is -1.25. The van der Waals surface area contributed by atoms with Gasteiger partial charge in [0.1, 0.15) is 19.3 Å². The predicted octanol–water partition coefficient (Wildman–Crippen LogP) is 0.0395. The van der Waals surface area contributed by atoms with Gasteiger partial charge in [0.2, 0.25) is 0 Å². The molecule has 2 aliphatic rings. The second kappa shape index (κ2) is 5.16. The van der Waals surface area contributed by atoms with Crippen molar-refractivity contribution in [1.29, 1.82) is 0 Å². The normalized spacial score (nSPS) is 17.0. The standard InChI is InChI=1S/C12H12O6/c13-6-10(14)9-5-7-1-2-8(9)12(16)18-4-3-17-11(7)15/h1-2,5,10,13-14H,3-4,6H2. The fraction of sp³-hybridized carbons (Fsp3) is 0.333. The summed E-state index contributed by atoms with van der Waals surface area (Å²) in [5.74, 6) is -1.19. The summed E-state index contributed by atoms with van der Waals surface area (Å²) in [7, 11) is 0. The first-order valence-corrected chi connectivity index (χ1v) is 5.40. The van der Waals surface area contributed by atoms with Crippen LogP contribution in [-0.2, 0) is 9.47 Å². The maximum atomic E-state index is 11.7. The van der Waals surface area contributed by atoms with Crippen molar-refractivity contribution < 1.29 is 29.3 Å². The van der Waals surface area contributed by atoms with Gasteiger partial charge in [0.05, 0.1) is 17.7 Å². The van der Waals surface area contributed by atoms with Gasteiger partial charge in [0.25, 0.3) is 0 Å². The number of carbonyl (C=O) groups excluding carboxylic acids is 2. The Bertz CT molecular complexity index is 481. The van der Waals surface area contributed by atoms with Crippen molar-refractivity contribution in [3.8, 4) is 0 Å². The first kappa shape index (κ1) is 12.5. The highest BCUT2D eigenvalue weighted by Gasteiger charge is 2.22. The molecule has 1 atom stereocenters. The molecule has 2 bridgehead atoms. The van der Waals surface area contributed by atoms with Gasteiger partial charge in [0.15, 0.2) is 0 Å². The zero-order chi connectivity index (χ0) is 13.1. The van der Waals surface area contributed by atoms with Gasteiger partial charge in [-0.25, -0.2) is 9.59 Å². The first-order valence-electron chi connectivity index (χ1n) is 5.40. The molecule has 2 heterocycles. The fourth-order valence-electron chi connectivity index (χ4n) is 1.68. The number of hydrogen-bond acceptors (Lipinski definition) is 6. The third-order valence-electron chi connectivity index (χ3n) is 2.59. The van der Waals surface area contributed by atoms with E-state index < -0.39 is 24.6 Å². The van der Waals surface area contributed by atoms with Crippen LogP contribution in [-0.4, -0.2) is 42.0 Å². The Morgan fingerprint density at radius 1 is 1.17 bits per heavy atom. The topological polar surface area (TPSA) is 93.1 Å². The average molecular weight is 252 g/mol. The molecule has 0 fully saturated rings. The lowest BCUT2D eigenvalue weighted by Gasteiger charge is -2.16. The Labute approximate surface area is 103 Å². The van der Waals surface area contributed by atoms with E-state index in [9.17, 15) is 14.7 Å². The van der Waals surface area contributed by atoms with Gasteiger partial charge in [0, 0.05) is 0 Å². The number of fused-ring (bicyclic) bond motifs is 7. The summed E-state index contributed by atoms with van der Waals surface area (Å²) in [5, 5.41) is 18.6. The van der Waals surface area contributed by atoms with Crippen LogP contribution in [0, 0.1) is 0 Å². The van der Waals surface area contributed by atoms with E-state index in [1.54, 1.807) is 0 Å². The lowest BCUT2D eigenvalue weighted by molar-refractivity contribution is 0.0251. The zero-order valence-electron chi connectivity index (χ0n) is 9.46. The first-order chi connectivity index (χ1) is 8.63. The molecule has 2 N–H and O–H groups in total. The van der Waals surface area contributed by atoms with Gasteiger partial charge < -0.3 is 19.7 Å². The highest BCUT2D eigenvalue weighted by Crippen LogP contribution is 2.22. The maximum Gasteiger partial charge on any atom is 0.338 e. The minimum atomic E-state index is -1.25. The van der Waals surface area contributed by atoms with Gasteiger partial charge in [-0.3, -0.25) is 0 Å². The van der Waals surface area contributed by atoms with E-state index in [1.807, 2.05) is 0 Å². The number of aliphatic hydroxyl groups excluding tert-OH is 2. The molecule has 2 aliphatic heterocycles. The molecule has 0 amide bonds. The fourth-order valence-corrected chi connectivity index (χ4v) is 1.68. The Balaban J connectivity index is 2.53. The largest absolute Gasteiger partial charge is 0.458 e. The molecule has 1 aromatic rings. The van der Waals surface area contributed by atoms with Crippen LogP contribution in [0.4, 0.5) is 0 Å². The number of benzene rings is 1. The lowest BCUT2D eigenvalue weighted by atomic mass is 9.99. The number of aliphatic hydroxyl groups is 2. The summed E-state index contributed by atoms with van der Waals surface area (Å²) in [6, 6.07) is 4.11. The van der Waals surface area contributed by atoms with Crippen LogP contribution < -0.4 is 0 Å². The van der Waals surface area contributed by atoms with Gasteiger partial charge in [-0.2, -0.15) is 0 Å². The second-order valence-corrected chi connectivity index (χ2v) is 3.77. The van der Waals surface area contributed by atoms with Gasteiger partial charge in [-0.1, -0.05) is 0 Å².